The first kappa shape index (κ1) is 25.0. The summed E-state index contributed by atoms with van der Waals surface area (Å²) in [6.45, 7) is 7.01. The van der Waals surface area contributed by atoms with Gasteiger partial charge in [-0.1, -0.05) is 11.3 Å². The number of hydrogen-bond acceptors (Lipinski definition) is 10. The molecule has 0 spiro atoms. The molecule has 1 aliphatic heterocycles. The van der Waals surface area contributed by atoms with Crippen LogP contribution >= 0.6 is 11.3 Å². The van der Waals surface area contributed by atoms with E-state index in [1.807, 2.05) is 6.92 Å². The second-order valence-electron chi connectivity index (χ2n) is 8.85. The van der Waals surface area contributed by atoms with E-state index in [-0.39, 0.29) is 6.04 Å². The third kappa shape index (κ3) is 5.44. The largest absolute Gasteiger partial charge is 0.377 e. The van der Waals surface area contributed by atoms with Crippen LogP contribution in [-0.4, -0.2) is 71.2 Å². The molecule has 12 nitrogen and oxygen atoms in total. The average Bonchev–Trinajstić information content (AvgIpc) is 3.41. The van der Waals surface area contributed by atoms with Gasteiger partial charge in [0, 0.05) is 32.1 Å². The maximum Gasteiger partial charge on any atom is 0.325 e. The highest BCUT2D eigenvalue weighted by Crippen LogP contribution is 2.34. The van der Waals surface area contributed by atoms with Crippen molar-refractivity contribution in [2.75, 3.05) is 41.5 Å². The molecular weight excluding hydrogens is 492 g/mol. The number of aryl methyl sites for hydroxylation is 1. The second-order valence-corrected chi connectivity index (χ2v) is 12.4. The number of urea groups is 1. The van der Waals surface area contributed by atoms with Crippen molar-refractivity contribution in [2.45, 2.75) is 31.6 Å². The van der Waals surface area contributed by atoms with Gasteiger partial charge in [0.25, 0.3) is 0 Å². The summed E-state index contributed by atoms with van der Waals surface area (Å²) in [4.78, 5) is 28.6. The van der Waals surface area contributed by atoms with Crippen molar-refractivity contribution in [3.05, 3.63) is 30.4 Å². The Kier molecular flexibility index (Phi) is 6.79. The number of carbonyl (C=O) groups excluding carboxylic acids is 1. The number of nitrogens with zero attached hydrogens (tertiary/aromatic N) is 6. The Morgan fingerprint density at radius 2 is 2.03 bits per heavy atom. The summed E-state index contributed by atoms with van der Waals surface area (Å²) in [5.74, 6) is 0.959. The maximum atomic E-state index is 12.6. The highest BCUT2D eigenvalue weighted by molar-refractivity contribution is 7.91. The zero-order valence-electron chi connectivity index (χ0n) is 20.1. The Morgan fingerprint density at radius 1 is 1.26 bits per heavy atom. The fourth-order valence-corrected chi connectivity index (χ4v) is 4.67. The van der Waals surface area contributed by atoms with Gasteiger partial charge in [-0.3, -0.25) is 10.00 Å². The molecule has 0 saturated carbocycles. The van der Waals surface area contributed by atoms with Gasteiger partial charge in [0.2, 0.25) is 0 Å². The van der Waals surface area contributed by atoms with Crippen molar-refractivity contribution in [1.82, 2.24) is 24.7 Å². The van der Waals surface area contributed by atoms with Crippen LogP contribution in [0.15, 0.2) is 24.7 Å². The third-order valence-electron chi connectivity index (χ3n) is 5.83. The summed E-state index contributed by atoms with van der Waals surface area (Å²) in [7, 11) is -1.72. The molecule has 4 heterocycles. The molecule has 0 radical (unpaired) electrons. The van der Waals surface area contributed by atoms with Crippen molar-refractivity contribution < 1.29 is 17.9 Å². The van der Waals surface area contributed by atoms with Crippen LogP contribution in [0.4, 0.5) is 21.4 Å². The minimum atomic E-state index is -3.47. The van der Waals surface area contributed by atoms with E-state index in [0.29, 0.717) is 52.8 Å². The Morgan fingerprint density at radius 3 is 2.69 bits per heavy atom. The van der Waals surface area contributed by atoms with Gasteiger partial charge >= 0.3 is 6.03 Å². The highest BCUT2D eigenvalue weighted by atomic mass is 32.2. The molecule has 2 N–H and O–H groups in total. The van der Waals surface area contributed by atoms with Crippen molar-refractivity contribution in [3.8, 4) is 10.7 Å². The fraction of sp³-hybridized carbons (Fsp3) is 0.476. The molecule has 1 fully saturated rings. The quantitative estimate of drug-likeness (QED) is 0.501. The lowest BCUT2D eigenvalue weighted by Gasteiger charge is -2.35. The van der Waals surface area contributed by atoms with Crippen molar-refractivity contribution in [3.63, 3.8) is 0 Å². The molecule has 2 amide bonds. The molecule has 0 bridgehead atoms. The summed E-state index contributed by atoms with van der Waals surface area (Å²) in [5, 5.41) is 9.72. The number of thiazole rings is 1. The van der Waals surface area contributed by atoms with E-state index in [0.717, 1.165) is 0 Å². The van der Waals surface area contributed by atoms with Gasteiger partial charge in [-0.25, -0.2) is 28.2 Å². The van der Waals surface area contributed by atoms with Crippen LogP contribution in [0.3, 0.4) is 0 Å². The zero-order valence-corrected chi connectivity index (χ0v) is 21.8. The molecule has 1 aliphatic rings. The number of amides is 2. The summed E-state index contributed by atoms with van der Waals surface area (Å²) < 4.78 is 31.0. The van der Waals surface area contributed by atoms with Crippen LogP contribution in [-0.2, 0) is 26.4 Å². The number of aromatic nitrogens is 5. The van der Waals surface area contributed by atoms with Gasteiger partial charge in [-0.15, -0.1) is 0 Å². The van der Waals surface area contributed by atoms with Gasteiger partial charge < -0.3 is 15.0 Å². The zero-order chi connectivity index (χ0) is 25.4. The standard InChI is InChI=1S/C21H28N8O4S2/c1-13-12-33-7-6-29(13)17-8-16(21(2,3)35(5,31)32)25-18(26-17)15-10-22-20(34-15)27-19(30)24-14-9-23-28(4)11-14/h8-11,13H,6-7,12H2,1-5H3,(H2,22,24,27,30)/t13-/m0/s1. The minimum absolute atomic E-state index is 0.0653. The molecule has 0 aromatic carbocycles. The SMILES string of the molecule is C[C@H]1COCCN1c1cc(C(C)(C)S(C)(=O)=O)nc(-c2cnc(NC(=O)Nc3cnn(C)c3)s2)n1. The monoisotopic (exact) mass is 520 g/mol. The minimum Gasteiger partial charge on any atom is -0.377 e. The number of rotatable bonds is 6. The average molecular weight is 521 g/mol. The lowest BCUT2D eigenvalue weighted by molar-refractivity contribution is 0.0985. The molecule has 4 rings (SSSR count). The fourth-order valence-electron chi connectivity index (χ4n) is 3.44. The first-order valence-corrected chi connectivity index (χ1v) is 13.6. The third-order valence-corrected chi connectivity index (χ3v) is 8.80. The summed E-state index contributed by atoms with van der Waals surface area (Å²) in [6, 6.07) is 1.33. The lowest BCUT2D eigenvalue weighted by atomic mass is 10.1. The second kappa shape index (κ2) is 9.51. The molecule has 35 heavy (non-hydrogen) atoms. The lowest BCUT2D eigenvalue weighted by Crippen LogP contribution is -2.44. The predicted molar refractivity (Wildman–Crippen MR) is 134 cm³/mol. The normalized spacial score (nSPS) is 16.8. The van der Waals surface area contributed by atoms with E-state index in [2.05, 4.69) is 30.6 Å². The summed E-state index contributed by atoms with van der Waals surface area (Å²) >= 11 is 1.19. The van der Waals surface area contributed by atoms with Gasteiger partial charge in [0.05, 0.1) is 47.9 Å². The predicted octanol–water partition coefficient (Wildman–Crippen LogP) is 2.48. The first-order chi connectivity index (χ1) is 16.4. The van der Waals surface area contributed by atoms with Crippen molar-refractivity contribution >= 4 is 43.8 Å². The molecule has 0 aliphatic carbocycles. The van der Waals surface area contributed by atoms with E-state index < -0.39 is 20.6 Å². The number of hydrogen-bond donors (Lipinski definition) is 2. The Labute approximate surface area is 207 Å². The molecule has 0 unspecified atom stereocenters. The first-order valence-electron chi connectivity index (χ1n) is 10.9. The van der Waals surface area contributed by atoms with Crippen LogP contribution in [0.1, 0.15) is 26.5 Å². The van der Waals surface area contributed by atoms with E-state index in [1.54, 1.807) is 44.0 Å². The van der Waals surface area contributed by atoms with Crippen molar-refractivity contribution in [2.24, 2.45) is 7.05 Å². The molecule has 3 aromatic heterocycles. The smallest absolute Gasteiger partial charge is 0.325 e. The molecule has 1 atom stereocenters. The summed E-state index contributed by atoms with van der Waals surface area (Å²) in [5.41, 5.74) is 0.931. The molecular formula is C21H28N8O4S2. The van der Waals surface area contributed by atoms with E-state index >= 15 is 0 Å². The highest BCUT2D eigenvalue weighted by Gasteiger charge is 2.36. The van der Waals surface area contributed by atoms with E-state index in [1.165, 1.54) is 23.8 Å². The Bertz CT molecular complexity index is 1330. The van der Waals surface area contributed by atoms with Gasteiger partial charge in [-0.2, -0.15) is 5.10 Å². The molecule has 14 heteroatoms. The summed E-state index contributed by atoms with van der Waals surface area (Å²) in [6.07, 6.45) is 5.96. The Balaban J connectivity index is 1.65. The number of sulfone groups is 1. The Hall–Kier alpha value is -3.10. The van der Waals surface area contributed by atoms with Crippen molar-refractivity contribution in [1.29, 1.82) is 0 Å². The maximum absolute atomic E-state index is 12.6. The van der Waals surface area contributed by atoms with Crippen LogP contribution in [0.25, 0.3) is 10.7 Å². The van der Waals surface area contributed by atoms with Gasteiger partial charge in [0.15, 0.2) is 20.8 Å². The topological polar surface area (TPSA) is 144 Å². The number of morpholine rings is 1. The van der Waals surface area contributed by atoms with Crippen LogP contribution in [0, 0.1) is 0 Å². The van der Waals surface area contributed by atoms with E-state index in [9.17, 15) is 13.2 Å². The molecule has 1 saturated heterocycles. The van der Waals surface area contributed by atoms with E-state index in [4.69, 9.17) is 9.72 Å². The number of nitrogens with one attached hydrogen (secondary N) is 2. The number of anilines is 3. The van der Waals surface area contributed by atoms with Gasteiger partial charge in [-0.05, 0) is 20.8 Å². The molecule has 188 valence electrons. The van der Waals surface area contributed by atoms with Crippen LogP contribution in [0.5, 0.6) is 0 Å². The number of ether oxygens (including phenoxy) is 1. The van der Waals surface area contributed by atoms with Gasteiger partial charge in [0.1, 0.15) is 10.6 Å². The van der Waals surface area contributed by atoms with Crippen LogP contribution in [0.2, 0.25) is 0 Å². The number of carbonyl (C=O) groups is 1. The molecule has 3 aromatic rings. The van der Waals surface area contributed by atoms with Crippen LogP contribution < -0.4 is 15.5 Å².